The van der Waals surface area contributed by atoms with Gasteiger partial charge in [-0.25, -0.2) is 4.68 Å². The lowest BCUT2D eigenvalue weighted by Crippen LogP contribution is -2.01. The van der Waals surface area contributed by atoms with Gasteiger partial charge >= 0.3 is 0 Å². The van der Waals surface area contributed by atoms with Crippen LogP contribution in [0.4, 0.5) is 5.82 Å². The number of nitrogen functional groups attached to an aromatic ring is 1. The highest BCUT2D eigenvalue weighted by Crippen LogP contribution is 2.38. The van der Waals surface area contributed by atoms with Gasteiger partial charge in [-0.05, 0) is 31.2 Å². The first-order valence-electron chi connectivity index (χ1n) is 6.49. The number of hydrogen-bond donors (Lipinski definition) is 1. The van der Waals surface area contributed by atoms with Gasteiger partial charge in [-0.15, -0.1) is 12.4 Å². The molecule has 0 atom stereocenters. The minimum absolute atomic E-state index is 0. The van der Waals surface area contributed by atoms with E-state index in [0.717, 1.165) is 21.2 Å². The van der Waals surface area contributed by atoms with Crippen LogP contribution in [0.3, 0.4) is 0 Å². The summed E-state index contributed by atoms with van der Waals surface area (Å²) in [6, 6.07) is 17.6. The first-order valence-corrected chi connectivity index (χ1v) is 7.69. The molecular formula is C16H15Cl2N3S. The Hall–Kier alpha value is -1.62. The molecule has 114 valence electrons. The van der Waals surface area contributed by atoms with Crippen LogP contribution in [0.5, 0.6) is 0 Å². The largest absolute Gasteiger partial charge is 0.383 e. The van der Waals surface area contributed by atoms with Crippen molar-refractivity contribution >= 4 is 41.6 Å². The van der Waals surface area contributed by atoms with E-state index in [4.69, 9.17) is 17.3 Å². The second-order valence-electron chi connectivity index (χ2n) is 4.58. The second-order valence-corrected chi connectivity index (χ2v) is 6.04. The molecule has 0 aliphatic rings. The summed E-state index contributed by atoms with van der Waals surface area (Å²) in [5.41, 5.74) is 8.11. The monoisotopic (exact) mass is 351 g/mol. The molecule has 0 fully saturated rings. The molecular weight excluding hydrogens is 337 g/mol. The molecule has 0 aliphatic carbocycles. The summed E-state index contributed by atoms with van der Waals surface area (Å²) < 4.78 is 1.76. The maximum absolute atomic E-state index is 6.27. The molecule has 22 heavy (non-hydrogen) atoms. The van der Waals surface area contributed by atoms with E-state index in [1.165, 1.54) is 0 Å². The normalized spacial score (nSPS) is 10.3. The summed E-state index contributed by atoms with van der Waals surface area (Å²) in [7, 11) is 0. The Labute approximate surface area is 144 Å². The smallest absolute Gasteiger partial charge is 0.141 e. The molecule has 1 heterocycles. The Bertz CT molecular complexity index is 772. The summed E-state index contributed by atoms with van der Waals surface area (Å²) in [6.07, 6.45) is 0. The molecule has 0 saturated heterocycles. The fourth-order valence-corrected chi connectivity index (χ4v) is 3.22. The van der Waals surface area contributed by atoms with Crippen LogP contribution in [0.2, 0.25) is 5.02 Å². The first kappa shape index (κ1) is 16.7. The van der Waals surface area contributed by atoms with Crippen LogP contribution >= 0.6 is 35.8 Å². The van der Waals surface area contributed by atoms with Gasteiger partial charge in [-0.1, -0.05) is 53.7 Å². The van der Waals surface area contributed by atoms with Crippen molar-refractivity contribution in [1.82, 2.24) is 9.78 Å². The van der Waals surface area contributed by atoms with E-state index in [0.29, 0.717) is 10.8 Å². The van der Waals surface area contributed by atoms with Gasteiger partial charge in [0.1, 0.15) is 5.82 Å². The molecule has 0 radical (unpaired) electrons. The summed E-state index contributed by atoms with van der Waals surface area (Å²) in [5.74, 6) is 0.628. The Morgan fingerprint density at radius 2 is 1.68 bits per heavy atom. The molecule has 3 rings (SSSR count). The van der Waals surface area contributed by atoms with Gasteiger partial charge in [-0.2, -0.15) is 5.10 Å². The van der Waals surface area contributed by atoms with E-state index in [1.807, 2.05) is 61.5 Å². The summed E-state index contributed by atoms with van der Waals surface area (Å²) in [4.78, 5) is 1.91. The van der Waals surface area contributed by atoms with E-state index in [-0.39, 0.29) is 12.4 Å². The van der Waals surface area contributed by atoms with Crippen molar-refractivity contribution in [3.63, 3.8) is 0 Å². The molecule has 3 nitrogen and oxygen atoms in total. The zero-order valence-electron chi connectivity index (χ0n) is 11.9. The predicted molar refractivity (Wildman–Crippen MR) is 95.5 cm³/mol. The van der Waals surface area contributed by atoms with E-state index < -0.39 is 0 Å². The number of hydrogen-bond acceptors (Lipinski definition) is 3. The molecule has 0 spiro atoms. The SMILES string of the molecule is Cc1nn(-c2ccccc2)c(N)c1Sc1ccccc1Cl.Cl. The first-order chi connectivity index (χ1) is 10.2. The van der Waals surface area contributed by atoms with E-state index >= 15 is 0 Å². The third-order valence-electron chi connectivity index (χ3n) is 3.09. The maximum atomic E-state index is 6.27. The molecule has 0 amide bonds. The summed E-state index contributed by atoms with van der Waals surface area (Å²) in [6.45, 7) is 1.95. The van der Waals surface area contributed by atoms with Gasteiger partial charge in [-0.3, -0.25) is 0 Å². The molecule has 2 aromatic carbocycles. The Kier molecular flexibility index (Phi) is 5.40. The highest BCUT2D eigenvalue weighted by Gasteiger charge is 2.15. The van der Waals surface area contributed by atoms with Crippen molar-refractivity contribution in [2.24, 2.45) is 0 Å². The topological polar surface area (TPSA) is 43.8 Å². The fraction of sp³-hybridized carbons (Fsp3) is 0.0625. The van der Waals surface area contributed by atoms with Crippen LogP contribution in [0.1, 0.15) is 5.69 Å². The zero-order chi connectivity index (χ0) is 14.8. The molecule has 0 unspecified atom stereocenters. The molecule has 0 saturated carbocycles. The number of rotatable bonds is 3. The molecule has 0 bridgehead atoms. The summed E-state index contributed by atoms with van der Waals surface area (Å²) >= 11 is 7.76. The molecule has 2 N–H and O–H groups in total. The Morgan fingerprint density at radius 1 is 1.05 bits per heavy atom. The van der Waals surface area contributed by atoms with Crippen molar-refractivity contribution in [3.8, 4) is 5.69 Å². The fourth-order valence-electron chi connectivity index (χ4n) is 2.06. The van der Waals surface area contributed by atoms with Crippen LogP contribution in [-0.4, -0.2) is 9.78 Å². The van der Waals surface area contributed by atoms with Crippen molar-refractivity contribution in [2.75, 3.05) is 5.73 Å². The summed E-state index contributed by atoms with van der Waals surface area (Å²) in [5, 5.41) is 5.25. The standard InChI is InChI=1S/C16H14ClN3S.ClH/c1-11-15(21-14-10-6-5-9-13(14)17)16(18)20(19-11)12-7-3-2-4-8-12;/h2-10H,18H2,1H3;1H. The lowest BCUT2D eigenvalue weighted by molar-refractivity contribution is 0.872. The number of para-hydroxylation sites is 1. The third-order valence-corrected chi connectivity index (χ3v) is 4.82. The highest BCUT2D eigenvalue weighted by atomic mass is 35.5. The van der Waals surface area contributed by atoms with Gasteiger partial charge in [0.05, 0.1) is 21.3 Å². The number of aryl methyl sites for hydroxylation is 1. The van der Waals surface area contributed by atoms with E-state index in [9.17, 15) is 0 Å². The van der Waals surface area contributed by atoms with Gasteiger partial charge in [0.25, 0.3) is 0 Å². The van der Waals surface area contributed by atoms with Crippen molar-refractivity contribution in [3.05, 3.63) is 65.3 Å². The zero-order valence-corrected chi connectivity index (χ0v) is 14.3. The average Bonchev–Trinajstić information content (AvgIpc) is 2.78. The number of nitrogens with zero attached hydrogens (tertiary/aromatic N) is 2. The quantitative estimate of drug-likeness (QED) is 0.722. The van der Waals surface area contributed by atoms with E-state index in [1.54, 1.807) is 16.4 Å². The van der Waals surface area contributed by atoms with Crippen molar-refractivity contribution < 1.29 is 0 Å². The number of aromatic nitrogens is 2. The minimum atomic E-state index is 0. The molecule has 1 aromatic heterocycles. The minimum Gasteiger partial charge on any atom is -0.383 e. The van der Waals surface area contributed by atoms with Gasteiger partial charge in [0, 0.05) is 4.90 Å². The van der Waals surface area contributed by atoms with Gasteiger partial charge in [0.2, 0.25) is 0 Å². The van der Waals surface area contributed by atoms with Crippen LogP contribution in [-0.2, 0) is 0 Å². The number of anilines is 1. The Balaban J connectivity index is 0.00000176. The lowest BCUT2D eigenvalue weighted by Gasteiger charge is -2.06. The van der Waals surface area contributed by atoms with Crippen molar-refractivity contribution in [1.29, 1.82) is 0 Å². The highest BCUT2D eigenvalue weighted by molar-refractivity contribution is 7.99. The molecule has 3 aromatic rings. The third kappa shape index (κ3) is 3.24. The van der Waals surface area contributed by atoms with E-state index in [2.05, 4.69) is 5.10 Å². The van der Waals surface area contributed by atoms with Crippen LogP contribution in [0.15, 0.2) is 64.4 Å². The van der Waals surface area contributed by atoms with Gasteiger partial charge in [0.15, 0.2) is 0 Å². The number of halogens is 2. The van der Waals surface area contributed by atoms with Crippen LogP contribution in [0, 0.1) is 6.92 Å². The van der Waals surface area contributed by atoms with Crippen LogP contribution < -0.4 is 5.73 Å². The van der Waals surface area contributed by atoms with Gasteiger partial charge < -0.3 is 5.73 Å². The van der Waals surface area contributed by atoms with Crippen LogP contribution in [0.25, 0.3) is 5.69 Å². The Morgan fingerprint density at radius 3 is 2.36 bits per heavy atom. The van der Waals surface area contributed by atoms with Crippen molar-refractivity contribution in [2.45, 2.75) is 16.7 Å². The molecule has 6 heteroatoms. The number of benzene rings is 2. The number of nitrogens with two attached hydrogens (primary N) is 1. The lowest BCUT2D eigenvalue weighted by atomic mass is 10.3. The maximum Gasteiger partial charge on any atom is 0.141 e. The second kappa shape index (κ2) is 7.09. The average molecular weight is 352 g/mol. The predicted octanol–water partition coefficient (Wildman–Crippen LogP) is 4.99. The molecule has 0 aliphatic heterocycles.